The first-order valence-corrected chi connectivity index (χ1v) is 6.19. The lowest BCUT2D eigenvalue weighted by Gasteiger charge is -2.16. The van der Waals surface area contributed by atoms with Gasteiger partial charge in [0.05, 0.1) is 12.1 Å². The molecule has 2 rings (SSSR count). The van der Waals surface area contributed by atoms with Crippen LogP contribution in [0.1, 0.15) is 24.1 Å². The van der Waals surface area contributed by atoms with E-state index < -0.39 is 0 Å². The molecule has 1 aromatic rings. The van der Waals surface area contributed by atoms with E-state index >= 15 is 0 Å². The van der Waals surface area contributed by atoms with E-state index in [0.29, 0.717) is 31.0 Å². The van der Waals surface area contributed by atoms with Gasteiger partial charge >= 0.3 is 0 Å². The zero-order valence-corrected chi connectivity index (χ0v) is 10.8. The van der Waals surface area contributed by atoms with Crippen LogP contribution >= 0.6 is 0 Å². The molecule has 1 saturated heterocycles. The lowest BCUT2D eigenvalue weighted by atomic mass is 10.2. The summed E-state index contributed by atoms with van der Waals surface area (Å²) in [6, 6.07) is 1.67. The number of carbonyl (C=O) groups excluding carboxylic acids is 1. The second kappa shape index (κ2) is 5.25. The summed E-state index contributed by atoms with van der Waals surface area (Å²) >= 11 is 0. The summed E-state index contributed by atoms with van der Waals surface area (Å²) in [4.78, 5) is 13.2. The Morgan fingerprint density at radius 2 is 2.28 bits per heavy atom. The van der Waals surface area contributed by atoms with E-state index in [0.717, 1.165) is 23.3 Å². The minimum Gasteiger partial charge on any atom is -0.618 e. The van der Waals surface area contributed by atoms with Gasteiger partial charge in [0.15, 0.2) is 11.9 Å². The van der Waals surface area contributed by atoms with Gasteiger partial charge in [0.1, 0.15) is 12.4 Å². The first kappa shape index (κ1) is 12.7. The van der Waals surface area contributed by atoms with Crippen molar-refractivity contribution in [3.05, 3.63) is 28.7 Å². The smallest absolute Gasteiger partial charge is 0.222 e. The fourth-order valence-electron chi connectivity index (χ4n) is 2.08. The second-order valence-electron chi connectivity index (χ2n) is 4.55. The lowest BCUT2D eigenvalue weighted by molar-refractivity contribution is -0.612. The van der Waals surface area contributed by atoms with Crippen LogP contribution in [0.15, 0.2) is 12.3 Å². The van der Waals surface area contributed by atoms with E-state index in [2.05, 4.69) is 0 Å². The minimum absolute atomic E-state index is 0.206. The first-order chi connectivity index (χ1) is 8.59. The maximum atomic E-state index is 11.4. The number of pyridine rings is 1. The Morgan fingerprint density at radius 3 is 2.94 bits per heavy atom. The molecule has 0 aromatic carbocycles. The number of likely N-dealkylation sites (tertiary alicyclic amines) is 1. The predicted octanol–water partition coefficient (Wildman–Crippen LogP) is 0.938. The van der Waals surface area contributed by atoms with E-state index in [9.17, 15) is 10.0 Å². The molecule has 1 amide bonds. The average Bonchev–Trinajstić information content (AvgIpc) is 2.75. The van der Waals surface area contributed by atoms with E-state index in [1.165, 1.54) is 6.20 Å². The zero-order valence-electron chi connectivity index (χ0n) is 10.8. The number of rotatable bonds is 4. The summed E-state index contributed by atoms with van der Waals surface area (Å²) in [7, 11) is 0. The SMILES string of the molecule is Cc1c(OCCN2CCCC2=O)cc[n+]([O-])c1C. The standard InChI is InChI=1S/C13H18N2O3/c1-10-11(2)15(17)7-5-12(10)18-9-8-14-6-3-4-13(14)16/h5,7H,3-4,6,8-9H2,1-2H3. The Kier molecular flexibility index (Phi) is 3.69. The van der Waals surface area contributed by atoms with Crippen LogP contribution in [0.25, 0.3) is 0 Å². The van der Waals surface area contributed by atoms with Crippen molar-refractivity contribution in [2.45, 2.75) is 26.7 Å². The summed E-state index contributed by atoms with van der Waals surface area (Å²) in [5.74, 6) is 0.920. The predicted molar refractivity (Wildman–Crippen MR) is 66.2 cm³/mol. The molecule has 0 unspecified atom stereocenters. The molecule has 1 aromatic heterocycles. The van der Waals surface area contributed by atoms with Crippen molar-refractivity contribution in [2.75, 3.05) is 19.7 Å². The molecular weight excluding hydrogens is 232 g/mol. The third-order valence-electron chi connectivity index (χ3n) is 3.39. The summed E-state index contributed by atoms with van der Waals surface area (Å²) in [5, 5.41) is 11.3. The Balaban J connectivity index is 1.90. The number of amides is 1. The molecule has 2 heterocycles. The third kappa shape index (κ3) is 2.55. The Bertz CT molecular complexity index is 460. The number of ether oxygens (including phenoxy) is 1. The molecule has 0 aliphatic carbocycles. The fourth-order valence-corrected chi connectivity index (χ4v) is 2.08. The average molecular weight is 250 g/mol. The third-order valence-corrected chi connectivity index (χ3v) is 3.39. The molecule has 0 N–H and O–H groups in total. The van der Waals surface area contributed by atoms with E-state index in [4.69, 9.17) is 4.74 Å². The molecule has 18 heavy (non-hydrogen) atoms. The molecule has 0 atom stereocenters. The van der Waals surface area contributed by atoms with Gasteiger partial charge in [-0.25, -0.2) is 0 Å². The summed E-state index contributed by atoms with van der Waals surface area (Å²) in [6.07, 6.45) is 3.04. The number of hydrogen-bond acceptors (Lipinski definition) is 3. The summed E-state index contributed by atoms with van der Waals surface area (Å²) in [6.45, 7) is 5.54. The van der Waals surface area contributed by atoms with Crippen molar-refractivity contribution < 1.29 is 14.3 Å². The summed E-state index contributed by atoms with van der Waals surface area (Å²) < 4.78 is 6.46. The monoisotopic (exact) mass is 250 g/mol. The molecule has 0 spiro atoms. The van der Waals surface area contributed by atoms with Gasteiger partial charge in [-0.15, -0.1) is 0 Å². The van der Waals surface area contributed by atoms with Crippen LogP contribution in [0, 0.1) is 19.1 Å². The van der Waals surface area contributed by atoms with Crippen LogP contribution in [-0.2, 0) is 4.79 Å². The van der Waals surface area contributed by atoms with Crippen molar-refractivity contribution in [1.82, 2.24) is 4.90 Å². The highest BCUT2D eigenvalue weighted by atomic mass is 16.5. The molecule has 1 aliphatic heterocycles. The topological polar surface area (TPSA) is 56.5 Å². The maximum absolute atomic E-state index is 11.4. The fraction of sp³-hybridized carbons (Fsp3) is 0.538. The Labute approximate surface area is 107 Å². The molecule has 5 nitrogen and oxygen atoms in total. The molecule has 0 bridgehead atoms. The van der Waals surface area contributed by atoms with Crippen LogP contribution in [-0.4, -0.2) is 30.5 Å². The molecule has 0 saturated carbocycles. The quantitative estimate of drug-likeness (QED) is 0.590. The van der Waals surface area contributed by atoms with Crippen molar-refractivity contribution in [1.29, 1.82) is 0 Å². The number of hydrogen-bond donors (Lipinski definition) is 0. The van der Waals surface area contributed by atoms with E-state index in [1.54, 1.807) is 13.0 Å². The minimum atomic E-state index is 0.206. The Hall–Kier alpha value is -1.78. The van der Waals surface area contributed by atoms with Crippen molar-refractivity contribution in [3.8, 4) is 5.75 Å². The number of aromatic nitrogens is 1. The van der Waals surface area contributed by atoms with Crippen LogP contribution < -0.4 is 9.47 Å². The van der Waals surface area contributed by atoms with Gasteiger partial charge < -0.3 is 14.8 Å². The highest BCUT2D eigenvalue weighted by Crippen LogP contribution is 2.18. The van der Waals surface area contributed by atoms with Crippen molar-refractivity contribution in [3.63, 3.8) is 0 Å². The van der Waals surface area contributed by atoms with Crippen LogP contribution in [0.5, 0.6) is 5.75 Å². The van der Waals surface area contributed by atoms with Gasteiger partial charge in [0.25, 0.3) is 0 Å². The number of nitrogens with zero attached hydrogens (tertiary/aromatic N) is 2. The molecule has 1 aliphatic rings. The van der Waals surface area contributed by atoms with Gasteiger partial charge in [0.2, 0.25) is 5.91 Å². The van der Waals surface area contributed by atoms with Gasteiger partial charge in [0, 0.05) is 26.0 Å². The highest BCUT2D eigenvalue weighted by molar-refractivity contribution is 5.78. The summed E-state index contributed by atoms with van der Waals surface area (Å²) in [5.41, 5.74) is 1.49. The van der Waals surface area contributed by atoms with Gasteiger partial charge in [-0.2, -0.15) is 4.73 Å². The number of carbonyl (C=O) groups is 1. The highest BCUT2D eigenvalue weighted by Gasteiger charge is 2.19. The Morgan fingerprint density at radius 1 is 1.50 bits per heavy atom. The molecule has 98 valence electrons. The lowest BCUT2D eigenvalue weighted by Crippen LogP contribution is -2.31. The largest absolute Gasteiger partial charge is 0.618 e. The van der Waals surface area contributed by atoms with Crippen LogP contribution in [0.2, 0.25) is 0 Å². The zero-order chi connectivity index (χ0) is 13.1. The van der Waals surface area contributed by atoms with Gasteiger partial charge in [-0.3, -0.25) is 4.79 Å². The molecule has 1 fully saturated rings. The molecular formula is C13H18N2O3. The van der Waals surface area contributed by atoms with E-state index in [1.807, 2.05) is 11.8 Å². The molecule has 5 heteroatoms. The normalized spacial score (nSPS) is 15.2. The van der Waals surface area contributed by atoms with Gasteiger partial charge in [-0.05, 0) is 13.3 Å². The second-order valence-corrected chi connectivity index (χ2v) is 4.55. The maximum Gasteiger partial charge on any atom is 0.222 e. The van der Waals surface area contributed by atoms with E-state index in [-0.39, 0.29) is 5.91 Å². The van der Waals surface area contributed by atoms with Crippen molar-refractivity contribution in [2.24, 2.45) is 0 Å². The van der Waals surface area contributed by atoms with Crippen molar-refractivity contribution >= 4 is 5.91 Å². The van der Waals surface area contributed by atoms with Crippen LogP contribution in [0.3, 0.4) is 0 Å². The first-order valence-electron chi connectivity index (χ1n) is 6.19. The van der Waals surface area contributed by atoms with Crippen LogP contribution in [0.4, 0.5) is 0 Å². The molecule has 0 radical (unpaired) electrons. The van der Waals surface area contributed by atoms with Gasteiger partial charge in [-0.1, -0.05) is 0 Å².